The smallest absolute Gasteiger partial charge is 0.414 e. The first-order valence-electron chi connectivity index (χ1n) is 8.13. The van der Waals surface area contributed by atoms with Crippen molar-refractivity contribution >= 4 is 52.4 Å². The SMILES string of the molecule is O=C(OCc1ccccc1)N1CC(c2csc(=S)s2)Nc2ccccc21. The van der Waals surface area contributed by atoms with Crippen LogP contribution >= 0.6 is 34.9 Å². The van der Waals surface area contributed by atoms with E-state index in [0.29, 0.717) is 6.54 Å². The summed E-state index contributed by atoms with van der Waals surface area (Å²) >= 11 is 8.40. The molecule has 0 saturated carbocycles. The third-order valence-electron chi connectivity index (χ3n) is 4.13. The molecule has 0 saturated heterocycles. The fourth-order valence-electron chi connectivity index (χ4n) is 2.88. The Kier molecular flexibility index (Phi) is 5.01. The average molecular weight is 401 g/mol. The second kappa shape index (κ2) is 7.57. The Balaban J connectivity index is 1.57. The number of nitrogens with one attached hydrogen (secondary N) is 1. The second-order valence-electron chi connectivity index (χ2n) is 5.85. The molecule has 7 heteroatoms. The molecular weight excluding hydrogens is 384 g/mol. The van der Waals surface area contributed by atoms with E-state index in [0.717, 1.165) is 25.0 Å². The Hall–Kier alpha value is -2.22. The number of hydrogen-bond donors (Lipinski definition) is 1. The van der Waals surface area contributed by atoms with Crippen LogP contribution in [0, 0.1) is 3.14 Å². The van der Waals surface area contributed by atoms with Crippen LogP contribution in [0.15, 0.2) is 60.0 Å². The van der Waals surface area contributed by atoms with Crippen LogP contribution < -0.4 is 10.2 Å². The van der Waals surface area contributed by atoms with Crippen LogP contribution in [0.2, 0.25) is 0 Å². The highest BCUT2D eigenvalue weighted by Crippen LogP contribution is 2.38. The van der Waals surface area contributed by atoms with E-state index in [9.17, 15) is 4.79 Å². The second-order valence-corrected chi connectivity index (χ2v) is 9.00. The van der Waals surface area contributed by atoms with Crippen LogP contribution in [-0.2, 0) is 11.3 Å². The molecular formula is C19H16N2O2S3. The zero-order valence-corrected chi connectivity index (χ0v) is 16.2. The maximum absolute atomic E-state index is 12.8. The van der Waals surface area contributed by atoms with Crippen LogP contribution in [0.4, 0.5) is 16.2 Å². The molecule has 1 N–H and O–H groups in total. The molecule has 2 aromatic carbocycles. The summed E-state index contributed by atoms with van der Waals surface area (Å²) in [7, 11) is 0. The largest absolute Gasteiger partial charge is 0.444 e. The summed E-state index contributed by atoms with van der Waals surface area (Å²) in [6.45, 7) is 0.764. The van der Waals surface area contributed by atoms with Crippen molar-refractivity contribution in [2.45, 2.75) is 12.6 Å². The van der Waals surface area contributed by atoms with Gasteiger partial charge in [0, 0.05) is 10.3 Å². The highest BCUT2D eigenvalue weighted by Gasteiger charge is 2.30. The maximum atomic E-state index is 12.8. The van der Waals surface area contributed by atoms with E-state index in [4.69, 9.17) is 17.0 Å². The van der Waals surface area contributed by atoms with Gasteiger partial charge in [-0.05, 0) is 17.7 Å². The number of carbonyl (C=O) groups excluding carboxylic acids is 1. The van der Waals surface area contributed by atoms with Crippen LogP contribution in [0.5, 0.6) is 0 Å². The monoisotopic (exact) mass is 400 g/mol. The number of anilines is 2. The predicted molar refractivity (Wildman–Crippen MR) is 110 cm³/mol. The summed E-state index contributed by atoms with van der Waals surface area (Å²) in [4.78, 5) is 15.6. The molecule has 4 nitrogen and oxygen atoms in total. The maximum Gasteiger partial charge on any atom is 0.414 e. The first kappa shape index (κ1) is 17.2. The van der Waals surface area contributed by atoms with Crippen molar-refractivity contribution in [2.24, 2.45) is 0 Å². The third-order valence-corrected chi connectivity index (χ3v) is 6.73. The molecule has 0 radical (unpaired) electrons. The number of nitrogens with zero attached hydrogens (tertiary/aromatic N) is 1. The van der Waals surface area contributed by atoms with Gasteiger partial charge in [-0.2, -0.15) is 0 Å². The highest BCUT2D eigenvalue weighted by atomic mass is 32.2. The summed E-state index contributed by atoms with van der Waals surface area (Å²) in [5.74, 6) is 0. The molecule has 0 fully saturated rings. The van der Waals surface area contributed by atoms with Crippen molar-refractivity contribution in [1.82, 2.24) is 0 Å². The number of para-hydroxylation sites is 2. The summed E-state index contributed by atoms with van der Waals surface area (Å²) in [5, 5.41) is 5.57. The van der Waals surface area contributed by atoms with Gasteiger partial charge in [-0.3, -0.25) is 4.90 Å². The number of fused-ring (bicyclic) bond motifs is 1. The number of benzene rings is 2. The van der Waals surface area contributed by atoms with Gasteiger partial charge in [-0.25, -0.2) is 4.79 Å². The van der Waals surface area contributed by atoms with Crippen molar-refractivity contribution in [3.05, 3.63) is 73.6 Å². The molecule has 3 aromatic rings. The lowest BCUT2D eigenvalue weighted by Gasteiger charge is -2.34. The molecule has 2 heterocycles. The van der Waals surface area contributed by atoms with Gasteiger partial charge in [-0.1, -0.05) is 54.7 Å². The lowest BCUT2D eigenvalue weighted by atomic mass is 10.1. The van der Waals surface area contributed by atoms with Gasteiger partial charge in [0.15, 0.2) is 0 Å². The lowest BCUT2D eigenvalue weighted by Crippen LogP contribution is -2.40. The van der Waals surface area contributed by atoms with Crippen molar-refractivity contribution in [3.63, 3.8) is 0 Å². The van der Waals surface area contributed by atoms with Crippen LogP contribution in [0.3, 0.4) is 0 Å². The zero-order valence-electron chi connectivity index (χ0n) is 13.8. The lowest BCUT2D eigenvalue weighted by molar-refractivity contribution is 0.146. The summed E-state index contributed by atoms with van der Waals surface area (Å²) in [6, 6.07) is 17.5. The topological polar surface area (TPSA) is 41.6 Å². The van der Waals surface area contributed by atoms with E-state index in [1.165, 1.54) is 0 Å². The van der Waals surface area contributed by atoms with Crippen molar-refractivity contribution in [2.75, 3.05) is 16.8 Å². The standard InChI is InChI=1S/C19H16N2O2S3/c22-18(23-11-13-6-2-1-3-7-13)21-10-15(17-12-25-19(24)26-17)20-14-8-4-5-9-16(14)21/h1-9,12,15,20H,10-11H2. The fraction of sp³-hybridized carbons (Fsp3) is 0.158. The van der Waals surface area contributed by atoms with Gasteiger partial charge in [0.05, 0.1) is 24.0 Å². The van der Waals surface area contributed by atoms with E-state index < -0.39 is 0 Å². The Bertz CT molecular complexity index is 968. The molecule has 4 rings (SSSR count). The molecule has 1 atom stereocenters. The van der Waals surface area contributed by atoms with Gasteiger partial charge in [0.2, 0.25) is 0 Å². The Labute approximate surface area is 164 Å². The first-order valence-corrected chi connectivity index (χ1v) is 10.2. The highest BCUT2D eigenvalue weighted by molar-refractivity contribution is 7.76. The van der Waals surface area contributed by atoms with Crippen LogP contribution in [0.25, 0.3) is 0 Å². The van der Waals surface area contributed by atoms with Gasteiger partial charge in [0.1, 0.15) is 9.74 Å². The quantitative estimate of drug-likeness (QED) is 0.560. The number of amides is 1. The van der Waals surface area contributed by atoms with Gasteiger partial charge in [0.25, 0.3) is 0 Å². The molecule has 0 aliphatic carbocycles. The minimum absolute atomic E-state index is 0.00660. The fourth-order valence-corrected chi connectivity index (χ4v) is 5.12. The van der Waals surface area contributed by atoms with Crippen molar-refractivity contribution < 1.29 is 9.53 Å². The van der Waals surface area contributed by atoms with Gasteiger partial charge < -0.3 is 10.1 Å². The Morgan fingerprint density at radius 1 is 1.19 bits per heavy atom. The molecule has 0 spiro atoms. The van der Waals surface area contributed by atoms with Crippen LogP contribution in [-0.4, -0.2) is 12.6 Å². The number of ether oxygens (including phenoxy) is 1. The minimum Gasteiger partial charge on any atom is -0.444 e. The molecule has 1 unspecified atom stereocenters. The first-order chi connectivity index (χ1) is 12.7. The molecule has 26 heavy (non-hydrogen) atoms. The van der Waals surface area contributed by atoms with E-state index in [2.05, 4.69) is 10.7 Å². The molecule has 1 aliphatic heterocycles. The summed E-state index contributed by atoms with van der Waals surface area (Å²) in [5.41, 5.74) is 2.72. The minimum atomic E-state index is -0.341. The Morgan fingerprint density at radius 2 is 1.96 bits per heavy atom. The molecule has 0 bridgehead atoms. The van der Waals surface area contributed by atoms with E-state index in [-0.39, 0.29) is 18.7 Å². The van der Waals surface area contributed by atoms with E-state index in [1.54, 1.807) is 27.6 Å². The van der Waals surface area contributed by atoms with Crippen LogP contribution in [0.1, 0.15) is 16.5 Å². The number of carbonyl (C=O) groups is 1. The average Bonchev–Trinajstić information content (AvgIpc) is 3.12. The summed E-state index contributed by atoms with van der Waals surface area (Å²) in [6.07, 6.45) is -0.341. The third kappa shape index (κ3) is 3.65. The van der Waals surface area contributed by atoms with Gasteiger partial charge >= 0.3 is 6.09 Å². The van der Waals surface area contributed by atoms with Gasteiger partial charge in [-0.15, -0.1) is 22.7 Å². The molecule has 1 aliphatic rings. The summed E-state index contributed by atoms with van der Waals surface area (Å²) < 4.78 is 6.45. The predicted octanol–water partition coefficient (Wildman–Crippen LogP) is 5.85. The van der Waals surface area contributed by atoms with Crippen molar-refractivity contribution in [1.29, 1.82) is 0 Å². The molecule has 132 valence electrons. The molecule has 1 aromatic heterocycles. The number of rotatable bonds is 3. The molecule has 1 amide bonds. The Morgan fingerprint density at radius 3 is 2.73 bits per heavy atom. The zero-order chi connectivity index (χ0) is 17.9. The normalized spacial score (nSPS) is 15.8. The van der Waals surface area contributed by atoms with Crippen molar-refractivity contribution in [3.8, 4) is 0 Å². The van der Waals surface area contributed by atoms with E-state index >= 15 is 0 Å². The number of hydrogen-bond acceptors (Lipinski definition) is 6. The van der Waals surface area contributed by atoms with E-state index in [1.807, 2.05) is 54.6 Å².